The van der Waals surface area contributed by atoms with E-state index in [4.69, 9.17) is 14.4 Å². The standard InChI is InChI=1S/C17H16N4O4/c1-2-24-17(23)13-14(22)12(25-16(13)20-7-5-18)8-10-9-21-15-11(10)4-3-6-19-15/h3-4,6,8-9,11,15,20,22H,2,7H2,1H3. The number of nitrogens with one attached hydrogen (secondary N) is 1. The van der Waals surface area contributed by atoms with Crippen LogP contribution in [-0.2, 0) is 4.74 Å². The molecule has 8 nitrogen and oxygen atoms in total. The van der Waals surface area contributed by atoms with Crippen LogP contribution in [0.5, 0.6) is 5.75 Å². The fourth-order valence-electron chi connectivity index (χ4n) is 2.62. The number of carbonyl (C=O) groups excluding carboxylic acids is 1. The highest BCUT2D eigenvalue weighted by Gasteiger charge is 2.30. The number of fused-ring (bicyclic) bond motifs is 1. The number of aliphatic imine (C=N–C) groups is 2. The van der Waals surface area contributed by atoms with Crippen LogP contribution in [0, 0.1) is 17.2 Å². The van der Waals surface area contributed by atoms with E-state index in [1.807, 2.05) is 18.2 Å². The molecular formula is C17H16N4O4. The first-order valence-corrected chi connectivity index (χ1v) is 7.74. The van der Waals surface area contributed by atoms with Crippen molar-refractivity contribution in [3.63, 3.8) is 0 Å². The number of dihydropyridines is 1. The number of aromatic hydroxyl groups is 1. The van der Waals surface area contributed by atoms with Gasteiger partial charge in [-0.1, -0.05) is 6.08 Å². The number of hydrogen-bond acceptors (Lipinski definition) is 8. The van der Waals surface area contributed by atoms with Crippen LogP contribution in [0.25, 0.3) is 6.08 Å². The molecule has 25 heavy (non-hydrogen) atoms. The maximum absolute atomic E-state index is 12.1. The molecule has 8 heteroatoms. The zero-order chi connectivity index (χ0) is 17.8. The number of nitrogens with zero attached hydrogens (tertiary/aromatic N) is 3. The Morgan fingerprint density at radius 2 is 2.40 bits per heavy atom. The van der Waals surface area contributed by atoms with Gasteiger partial charge in [-0.2, -0.15) is 5.26 Å². The molecule has 0 amide bonds. The summed E-state index contributed by atoms with van der Waals surface area (Å²) < 4.78 is 10.5. The minimum atomic E-state index is -0.728. The Morgan fingerprint density at radius 3 is 3.16 bits per heavy atom. The Morgan fingerprint density at radius 1 is 1.56 bits per heavy atom. The lowest BCUT2D eigenvalue weighted by molar-refractivity contribution is 0.0524. The van der Waals surface area contributed by atoms with Crippen molar-refractivity contribution >= 4 is 30.4 Å². The molecule has 128 valence electrons. The van der Waals surface area contributed by atoms with Gasteiger partial charge in [0.05, 0.1) is 12.7 Å². The van der Waals surface area contributed by atoms with Crippen LogP contribution in [0.2, 0.25) is 0 Å². The molecule has 0 saturated carbocycles. The second-order valence-corrected chi connectivity index (χ2v) is 5.30. The first kappa shape index (κ1) is 16.5. The molecule has 3 rings (SSSR count). The van der Waals surface area contributed by atoms with E-state index in [9.17, 15) is 9.90 Å². The second-order valence-electron chi connectivity index (χ2n) is 5.30. The molecule has 2 aliphatic rings. The first-order chi connectivity index (χ1) is 12.2. The maximum atomic E-state index is 12.1. The minimum Gasteiger partial charge on any atom is -0.504 e. The monoisotopic (exact) mass is 340 g/mol. The number of ether oxygens (including phenoxy) is 1. The van der Waals surface area contributed by atoms with Gasteiger partial charge >= 0.3 is 5.97 Å². The normalized spacial score (nSPS) is 22.0. The Labute approximate surface area is 143 Å². The quantitative estimate of drug-likeness (QED) is 0.626. The smallest absolute Gasteiger partial charge is 0.347 e. The molecule has 3 heterocycles. The van der Waals surface area contributed by atoms with Gasteiger partial charge < -0.3 is 19.6 Å². The molecule has 0 aromatic carbocycles. The molecule has 1 aromatic rings. The molecular weight excluding hydrogens is 324 g/mol. The molecule has 0 fully saturated rings. The Bertz CT molecular complexity index is 842. The minimum absolute atomic E-state index is 0.00644. The largest absolute Gasteiger partial charge is 0.504 e. The van der Waals surface area contributed by atoms with E-state index in [-0.39, 0.29) is 48.2 Å². The predicted octanol–water partition coefficient (Wildman–Crippen LogP) is 2.15. The average Bonchev–Trinajstić information content (AvgIpc) is 3.15. The van der Waals surface area contributed by atoms with Crippen LogP contribution in [0.3, 0.4) is 0 Å². The van der Waals surface area contributed by atoms with E-state index in [0.29, 0.717) is 0 Å². The summed E-state index contributed by atoms with van der Waals surface area (Å²) in [5, 5.41) is 21.8. The fourth-order valence-corrected chi connectivity index (χ4v) is 2.62. The van der Waals surface area contributed by atoms with Crippen molar-refractivity contribution in [1.29, 1.82) is 5.26 Å². The highest BCUT2D eigenvalue weighted by atomic mass is 16.5. The van der Waals surface area contributed by atoms with E-state index in [1.54, 1.807) is 25.4 Å². The van der Waals surface area contributed by atoms with Crippen LogP contribution < -0.4 is 5.32 Å². The molecule has 2 unspecified atom stereocenters. The number of esters is 1. The van der Waals surface area contributed by atoms with Crippen LogP contribution in [0.15, 0.2) is 32.1 Å². The van der Waals surface area contributed by atoms with Crippen molar-refractivity contribution in [2.75, 3.05) is 18.5 Å². The summed E-state index contributed by atoms with van der Waals surface area (Å²) in [4.78, 5) is 20.6. The Hall–Kier alpha value is -3.34. The number of anilines is 1. The van der Waals surface area contributed by atoms with Gasteiger partial charge in [-0.15, -0.1) is 0 Å². The van der Waals surface area contributed by atoms with Gasteiger partial charge in [0, 0.05) is 18.3 Å². The number of furan rings is 1. The van der Waals surface area contributed by atoms with Crippen molar-refractivity contribution in [1.82, 2.24) is 0 Å². The molecule has 2 atom stereocenters. The Kier molecular flexibility index (Phi) is 4.66. The fraction of sp³-hybridized carbons (Fsp3) is 0.294. The van der Waals surface area contributed by atoms with Gasteiger partial charge in [-0.3, -0.25) is 9.98 Å². The van der Waals surface area contributed by atoms with Gasteiger partial charge in [-0.25, -0.2) is 4.79 Å². The van der Waals surface area contributed by atoms with E-state index >= 15 is 0 Å². The molecule has 0 spiro atoms. The van der Waals surface area contributed by atoms with Crippen molar-refractivity contribution in [2.24, 2.45) is 15.9 Å². The third-order valence-corrected chi connectivity index (χ3v) is 3.74. The lowest BCUT2D eigenvalue weighted by Crippen LogP contribution is -2.13. The highest BCUT2D eigenvalue weighted by molar-refractivity contribution is 5.99. The third kappa shape index (κ3) is 3.17. The van der Waals surface area contributed by atoms with E-state index < -0.39 is 5.97 Å². The van der Waals surface area contributed by atoms with Crippen LogP contribution in [0.1, 0.15) is 23.0 Å². The first-order valence-electron chi connectivity index (χ1n) is 7.74. The Balaban J connectivity index is 1.97. The van der Waals surface area contributed by atoms with Gasteiger partial charge in [0.25, 0.3) is 0 Å². The van der Waals surface area contributed by atoms with Crippen molar-refractivity contribution in [2.45, 2.75) is 13.1 Å². The van der Waals surface area contributed by atoms with Crippen LogP contribution >= 0.6 is 0 Å². The molecule has 1 aromatic heterocycles. The summed E-state index contributed by atoms with van der Waals surface area (Å²) in [6.45, 7) is 1.72. The van der Waals surface area contributed by atoms with Crippen molar-refractivity contribution < 1.29 is 19.1 Å². The summed E-state index contributed by atoms with van der Waals surface area (Å²) in [6.07, 6.45) is 8.53. The topological polar surface area (TPSA) is 120 Å². The third-order valence-electron chi connectivity index (χ3n) is 3.74. The zero-order valence-electron chi connectivity index (χ0n) is 13.5. The van der Waals surface area contributed by atoms with Crippen molar-refractivity contribution in [3.05, 3.63) is 29.0 Å². The summed E-state index contributed by atoms with van der Waals surface area (Å²) in [7, 11) is 0. The highest BCUT2D eigenvalue weighted by Crippen LogP contribution is 2.37. The summed E-state index contributed by atoms with van der Waals surface area (Å²) in [6, 6.07) is 1.89. The lowest BCUT2D eigenvalue weighted by atomic mass is 9.97. The summed E-state index contributed by atoms with van der Waals surface area (Å²) in [5.74, 6) is -1.03. The van der Waals surface area contributed by atoms with Crippen molar-refractivity contribution in [3.8, 4) is 11.8 Å². The number of rotatable bonds is 5. The van der Waals surface area contributed by atoms with E-state index in [0.717, 1.165) is 5.57 Å². The number of allylic oxidation sites excluding steroid dienone is 1. The maximum Gasteiger partial charge on any atom is 0.347 e. The second kappa shape index (κ2) is 7.05. The number of hydrogen-bond donors (Lipinski definition) is 2. The average molecular weight is 340 g/mol. The molecule has 0 radical (unpaired) electrons. The van der Waals surface area contributed by atoms with Crippen LogP contribution in [-0.4, -0.2) is 42.8 Å². The molecule has 0 saturated heterocycles. The summed E-state index contributed by atoms with van der Waals surface area (Å²) >= 11 is 0. The molecule has 2 N–H and O–H groups in total. The number of nitriles is 1. The predicted molar refractivity (Wildman–Crippen MR) is 91.8 cm³/mol. The molecule has 0 bridgehead atoms. The molecule has 0 aliphatic carbocycles. The summed E-state index contributed by atoms with van der Waals surface area (Å²) in [5.41, 5.74) is 0.664. The van der Waals surface area contributed by atoms with E-state index in [1.165, 1.54) is 0 Å². The number of carbonyl (C=O) groups is 1. The van der Waals surface area contributed by atoms with Gasteiger partial charge in [0.1, 0.15) is 12.7 Å². The van der Waals surface area contributed by atoms with Gasteiger partial charge in [0.15, 0.2) is 17.1 Å². The van der Waals surface area contributed by atoms with Gasteiger partial charge in [0.2, 0.25) is 5.88 Å². The van der Waals surface area contributed by atoms with Crippen LogP contribution in [0.4, 0.5) is 5.88 Å². The lowest BCUT2D eigenvalue weighted by Gasteiger charge is -2.13. The zero-order valence-corrected chi connectivity index (χ0v) is 13.5. The SMILES string of the molecule is CCOC(=O)c1c(NCC#N)oc(C=C2C=NC3N=CC=CC23)c1O. The van der Waals surface area contributed by atoms with Gasteiger partial charge in [-0.05, 0) is 24.6 Å². The van der Waals surface area contributed by atoms with E-state index in [2.05, 4.69) is 15.3 Å². The molecule has 2 aliphatic heterocycles.